The monoisotopic (exact) mass is 256 g/mol. The van der Waals surface area contributed by atoms with Crippen LogP contribution in [0.1, 0.15) is 51.4 Å². The van der Waals surface area contributed by atoms with Gasteiger partial charge in [0.1, 0.15) is 0 Å². The molecule has 1 aliphatic carbocycles. The molecule has 5 heteroatoms. The molecule has 18 heavy (non-hydrogen) atoms. The molecule has 0 saturated heterocycles. The number of nitrogens with one attached hydrogen (secondary N) is 1. The van der Waals surface area contributed by atoms with Gasteiger partial charge in [0.2, 0.25) is 5.91 Å². The van der Waals surface area contributed by atoms with Gasteiger partial charge in [0, 0.05) is 13.0 Å². The second-order valence-electron chi connectivity index (χ2n) is 5.01. The van der Waals surface area contributed by atoms with Gasteiger partial charge in [-0.2, -0.15) is 0 Å². The second kappa shape index (κ2) is 7.36. The van der Waals surface area contributed by atoms with Crippen LogP contribution in [0.25, 0.3) is 0 Å². The lowest BCUT2D eigenvalue weighted by atomic mass is 10.1. The lowest BCUT2D eigenvalue weighted by Crippen LogP contribution is -2.42. The zero-order chi connectivity index (χ0) is 13.4. The lowest BCUT2D eigenvalue weighted by molar-refractivity contribution is -0.140. The van der Waals surface area contributed by atoms with Crippen molar-refractivity contribution in [3.8, 4) is 0 Å². The Morgan fingerprint density at radius 3 is 2.39 bits per heavy atom. The van der Waals surface area contributed by atoms with Crippen LogP contribution < -0.4 is 11.1 Å². The number of nitrogens with two attached hydrogens (primary N) is 1. The zero-order valence-corrected chi connectivity index (χ0v) is 11.2. The van der Waals surface area contributed by atoms with Gasteiger partial charge in [0.25, 0.3) is 0 Å². The predicted molar refractivity (Wildman–Crippen MR) is 68.9 cm³/mol. The van der Waals surface area contributed by atoms with E-state index in [1.807, 2.05) is 0 Å². The maximum Gasteiger partial charge on any atom is 0.305 e. The Hall–Kier alpha value is -1.10. The van der Waals surface area contributed by atoms with Gasteiger partial charge in [0.15, 0.2) is 0 Å². The minimum atomic E-state index is -0.555. The molecule has 0 aromatic carbocycles. The summed E-state index contributed by atoms with van der Waals surface area (Å²) in [5.74, 6) is -0.145. The van der Waals surface area contributed by atoms with E-state index in [9.17, 15) is 9.59 Å². The molecule has 0 atom stereocenters. The first-order valence-corrected chi connectivity index (χ1v) is 6.72. The maximum absolute atomic E-state index is 11.5. The summed E-state index contributed by atoms with van der Waals surface area (Å²) in [7, 11) is 1.41. The normalized spacial score (nSPS) is 16.1. The number of esters is 1. The summed E-state index contributed by atoms with van der Waals surface area (Å²) in [6, 6.07) is 0. The van der Waals surface area contributed by atoms with E-state index in [1.54, 1.807) is 0 Å². The minimum Gasteiger partial charge on any atom is -0.469 e. The van der Waals surface area contributed by atoms with Crippen molar-refractivity contribution >= 4 is 11.9 Å². The molecule has 0 bridgehead atoms. The Bertz CT molecular complexity index is 288. The number of amides is 1. The fraction of sp³-hybridized carbons (Fsp3) is 0.846. The summed E-state index contributed by atoms with van der Waals surface area (Å²) in [6.07, 6.45) is 7.16. The number of methoxy groups -OCH3 is 1. The van der Waals surface area contributed by atoms with E-state index >= 15 is 0 Å². The van der Waals surface area contributed by atoms with Crippen LogP contribution in [0.2, 0.25) is 0 Å². The average Bonchev–Trinajstić information content (AvgIpc) is 3.11. The molecule has 1 aliphatic rings. The molecule has 1 fully saturated rings. The van der Waals surface area contributed by atoms with Crippen LogP contribution in [0.4, 0.5) is 0 Å². The van der Waals surface area contributed by atoms with Gasteiger partial charge in [0.05, 0.1) is 12.6 Å². The second-order valence-corrected chi connectivity index (χ2v) is 5.01. The number of carbonyl (C=O) groups is 2. The van der Waals surface area contributed by atoms with Crippen molar-refractivity contribution in [1.29, 1.82) is 0 Å². The third-order valence-corrected chi connectivity index (χ3v) is 3.31. The van der Waals surface area contributed by atoms with E-state index in [4.69, 9.17) is 5.73 Å². The first-order chi connectivity index (χ1) is 8.58. The number of hydrogen-bond acceptors (Lipinski definition) is 4. The van der Waals surface area contributed by atoms with E-state index in [2.05, 4.69) is 10.1 Å². The van der Waals surface area contributed by atoms with E-state index in [-0.39, 0.29) is 11.9 Å². The molecule has 3 N–H and O–H groups in total. The summed E-state index contributed by atoms with van der Waals surface area (Å²) in [5, 5.41) is 2.87. The van der Waals surface area contributed by atoms with Gasteiger partial charge in [-0.3, -0.25) is 9.59 Å². The molecule has 0 radical (unpaired) electrons. The molecule has 0 spiro atoms. The van der Waals surface area contributed by atoms with Crippen LogP contribution in [0, 0.1) is 0 Å². The molecule has 0 aromatic rings. The summed E-state index contributed by atoms with van der Waals surface area (Å²) >= 11 is 0. The molecule has 0 aromatic heterocycles. The van der Waals surface area contributed by atoms with Crippen LogP contribution in [0.5, 0.6) is 0 Å². The fourth-order valence-electron chi connectivity index (χ4n) is 1.77. The zero-order valence-electron chi connectivity index (χ0n) is 11.2. The van der Waals surface area contributed by atoms with Crippen molar-refractivity contribution in [3.05, 3.63) is 0 Å². The van der Waals surface area contributed by atoms with Gasteiger partial charge in [-0.1, -0.05) is 19.3 Å². The smallest absolute Gasteiger partial charge is 0.305 e. The summed E-state index contributed by atoms with van der Waals surface area (Å²) in [4.78, 5) is 22.3. The number of carbonyl (C=O) groups excluding carboxylic acids is 2. The molecular formula is C13H24N2O3. The third-order valence-electron chi connectivity index (χ3n) is 3.31. The molecule has 1 amide bonds. The van der Waals surface area contributed by atoms with Crippen molar-refractivity contribution in [1.82, 2.24) is 5.32 Å². The van der Waals surface area contributed by atoms with Gasteiger partial charge >= 0.3 is 5.97 Å². The highest BCUT2D eigenvalue weighted by atomic mass is 16.5. The summed E-state index contributed by atoms with van der Waals surface area (Å²) in [6.45, 7) is 0.703. The van der Waals surface area contributed by atoms with Crippen molar-refractivity contribution in [3.63, 3.8) is 0 Å². The third kappa shape index (κ3) is 5.49. The molecule has 104 valence electrons. The van der Waals surface area contributed by atoms with Crippen LogP contribution in [-0.2, 0) is 14.3 Å². The molecule has 0 aliphatic heterocycles. The van der Waals surface area contributed by atoms with Gasteiger partial charge < -0.3 is 15.8 Å². The van der Waals surface area contributed by atoms with E-state index < -0.39 is 5.54 Å². The standard InChI is InChI=1S/C13H24N2O3/c1-18-11(16)7-5-3-2-4-6-10-15-12(17)13(14)8-9-13/h2-10,14H2,1H3,(H,15,17). The highest BCUT2D eigenvalue weighted by Crippen LogP contribution is 2.31. The maximum atomic E-state index is 11.5. The Morgan fingerprint density at radius 2 is 1.78 bits per heavy atom. The van der Waals surface area contributed by atoms with Crippen LogP contribution in [0.15, 0.2) is 0 Å². The van der Waals surface area contributed by atoms with Crippen molar-refractivity contribution in [2.75, 3.05) is 13.7 Å². The molecular weight excluding hydrogens is 232 g/mol. The first-order valence-electron chi connectivity index (χ1n) is 6.72. The summed E-state index contributed by atoms with van der Waals surface area (Å²) in [5.41, 5.74) is 5.20. The molecule has 1 saturated carbocycles. The van der Waals surface area contributed by atoms with E-state index in [0.29, 0.717) is 13.0 Å². The van der Waals surface area contributed by atoms with Crippen molar-refractivity contribution in [2.24, 2.45) is 5.73 Å². The van der Waals surface area contributed by atoms with E-state index in [1.165, 1.54) is 7.11 Å². The number of rotatable bonds is 9. The highest BCUT2D eigenvalue weighted by molar-refractivity contribution is 5.88. The first kappa shape index (κ1) is 15.0. The van der Waals surface area contributed by atoms with Crippen molar-refractivity contribution < 1.29 is 14.3 Å². The number of ether oxygens (including phenoxy) is 1. The molecule has 1 rings (SSSR count). The fourth-order valence-corrected chi connectivity index (χ4v) is 1.77. The Morgan fingerprint density at radius 1 is 1.17 bits per heavy atom. The quantitative estimate of drug-likeness (QED) is 0.478. The number of hydrogen-bond donors (Lipinski definition) is 2. The van der Waals surface area contributed by atoms with Crippen LogP contribution in [-0.4, -0.2) is 31.1 Å². The Kier molecular flexibility index (Phi) is 6.12. The summed E-state index contributed by atoms with van der Waals surface area (Å²) < 4.78 is 4.56. The van der Waals surface area contributed by atoms with Gasteiger partial charge in [-0.15, -0.1) is 0 Å². The SMILES string of the molecule is COC(=O)CCCCCCCNC(=O)C1(N)CC1. The van der Waals surface area contributed by atoms with Gasteiger partial charge in [-0.05, 0) is 25.7 Å². The largest absolute Gasteiger partial charge is 0.469 e. The average molecular weight is 256 g/mol. The topological polar surface area (TPSA) is 81.4 Å². The minimum absolute atomic E-state index is 0.00630. The lowest BCUT2D eigenvalue weighted by Gasteiger charge is -2.09. The predicted octanol–water partition coefficient (Wildman–Crippen LogP) is 1.11. The van der Waals surface area contributed by atoms with Crippen LogP contribution in [0.3, 0.4) is 0 Å². The molecule has 5 nitrogen and oxygen atoms in total. The molecule has 0 unspecified atom stereocenters. The Balaban J connectivity index is 1.84. The molecule has 0 heterocycles. The number of unbranched alkanes of at least 4 members (excludes halogenated alkanes) is 4. The van der Waals surface area contributed by atoms with E-state index in [0.717, 1.165) is 44.9 Å². The highest BCUT2D eigenvalue weighted by Gasteiger charge is 2.45. The van der Waals surface area contributed by atoms with Crippen molar-refractivity contribution in [2.45, 2.75) is 56.9 Å². The Labute approximate surface area is 108 Å². The van der Waals surface area contributed by atoms with Crippen LogP contribution >= 0.6 is 0 Å². The van der Waals surface area contributed by atoms with Gasteiger partial charge in [-0.25, -0.2) is 0 Å².